The average Bonchev–Trinajstić information content (AvgIpc) is 1.59. The third kappa shape index (κ3) is 14.4. The van der Waals surface area contributed by atoms with E-state index in [1.54, 1.807) is 30.7 Å². The Morgan fingerprint density at radius 2 is 0.778 bits per heavy atom. The number of unbranched alkanes of at least 4 members (excludes halogenated alkanes) is 1. The van der Waals surface area contributed by atoms with Gasteiger partial charge in [-0.05, 0) is 196 Å². The van der Waals surface area contributed by atoms with Gasteiger partial charge in [0.25, 0.3) is 0 Å². The zero-order chi connectivity index (χ0) is 74.4. The predicted octanol–water partition coefficient (Wildman–Crippen LogP) is 12.9. The van der Waals surface area contributed by atoms with Crippen molar-refractivity contribution in [1.82, 2.24) is 60.6 Å². The van der Waals surface area contributed by atoms with Gasteiger partial charge in [0.1, 0.15) is 67.2 Å². The first kappa shape index (κ1) is 83.5. The lowest BCUT2D eigenvalue weighted by Crippen LogP contribution is -2.56. The molecule has 4 spiro atoms. The molecule has 6 heterocycles. The number of hydrogen-bond acceptors (Lipinski definition) is 18. The van der Waals surface area contributed by atoms with Crippen LogP contribution in [0.1, 0.15) is 316 Å². The van der Waals surface area contributed by atoms with E-state index in [2.05, 4.69) is 17.6 Å². The fourth-order valence-corrected chi connectivity index (χ4v) is 17.4. The Balaban J connectivity index is 0.000000188. The summed E-state index contributed by atoms with van der Waals surface area (Å²) in [7, 11) is 3.64. The van der Waals surface area contributed by atoms with Crippen molar-refractivity contribution < 1.29 is 60.0 Å². The molecule has 0 bridgehead atoms. The number of hydrogen-bond donors (Lipinski definition) is 8. The minimum atomic E-state index is -0.834. The first-order chi connectivity index (χ1) is 46.4. The first-order valence-corrected chi connectivity index (χ1v) is 38.2. The van der Waals surface area contributed by atoms with Gasteiger partial charge in [-0.15, -0.1) is 0 Å². The van der Waals surface area contributed by atoms with Crippen molar-refractivity contribution in [3.05, 3.63) is 35.9 Å². The molecule has 8 atom stereocenters. The second-order valence-corrected chi connectivity index (χ2v) is 31.9. The lowest BCUT2D eigenvalue weighted by Gasteiger charge is -2.45. The maximum absolute atomic E-state index is 12.8. The molecule has 8 N–H and O–H groups in total. The number of rotatable bonds is 13. The summed E-state index contributed by atoms with van der Waals surface area (Å²) in [6.45, 7) is 33.7. The molecule has 6 saturated heterocycles. The SMILES string of the molecule is CCC1(C)C(=O)N(C)C(C)(CC)N1O.CCC1(C)C(=O)N(Cc2ccccc2)C(C)(CC)N1O.CCC1(C)NC(=O)C(C)(CC)N1O.CCCCN1C(=O)C(C)(CC)N(O)C1(C)CC.CN1C(=O)C2(CCCCC2)N(O)C12CCCCC2.O=C1NC2(CCCCC2)N(O)C12CCCCC2. The van der Waals surface area contributed by atoms with E-state index < -0.39 is 67.2 Å². The van der Waals surface area contributed by atoms with E-state index in [1.807, 2.05) is 144 Å². The summed E-state index contributed by atoms with van der Waals surface area (Å²) in [5.41, 5.74) is -6.48. The van der Waals surface area contributed by atoms with Gasteiger partial charge in [-0.3, -0.25) is 28.8 Å². The predicted molar refractivity (Wildman–Crippen MR) is 380 cm³/mol. The van der Waals surface area contributed by atoms with Crippen LogP contribution in [0.4, 0.5) is 0 Å². The summed E-state index contributed by atoms with van der Waals surface area (Å²) < 4.78 is 0. The maximum atomic E-state index is 12.8. The number of carbonyl (C=O) groups is 6. The van der Waals surface area contributed by atoms with Gasteiger partial charge in [-0.1, -0.05) is 150 Å². The molecule has 0 radical (unpaired) electrons. The molecule has 24 nitrogen and oxygen atoms in total. The van der Waals surface area contributed by atoms with Crippen molar-refractivity contribution in [3.8, 4) is 0 Å². The van der Waals surface area contributed by atoms with E-state index in [1.165, 1.54) is 51.0 Å². The maximum Gasteiger partial charge on any atom is 0.247 e. The number of nitrogens with zero attached hydrogens (tertiary/aromatic N) is 10. The molecule has 11 rings (SSSR count). The summed E-state index contributed by atoms with van der Waals surface area (Å²) in [6.07, 6.45) is 27.7. The number of hydroxylamine groups is 12. The molecule has 1 aromatic rings. The molecular weight excluding hydrogens is 1260 g/mol. The number of carbonyl (C=O) groups excluding carboxylic acids is 6. The summed E-state index contributed by atoms with van der Waals surface area (Å²) in [4.78, 5) is 81.0. The fourth-order valence-electron chi connectivity index (χ4n) is 17.4. The molecule has 4 saturated carbocycles. The van der Waals surface area contributed by atoms with Crippen molar-refractivity contribution in [2.45, 2.75) is 384 Å². The fraction of sp³-hybridized carbons (Fsp3) is 0.840. The number of likely N-dealkylation sites (N-methyl/N-ethyl adjacent to an activating group) is 2. The molecule has 0 aromatic heterocycles. The second kappa shape index (κ2) is 32.3. The topological polar surface area (TPSA) is 280 Å². The molecule has 10 aliphatic rings. The van der Waals surface area contributed by atoms with Crippen LogP contribution in [0.5, 0.6) is 0 Å². The van der Waals surface area contributed by atoms with Gasteiger partial charge in [-0.2, -0.15) is 30.4 Å². The number of amides is 6. The van der Waals surface area contributed by atoms with E-state index in [0.29, 0.717) is 51.5 Å². The van der Waals surface area contributed by atoms with Crippen LogP contribution in [-0.4, -0.2) is 205 Å². The molecule has 99 heavy (non-hydrogen) atoms. The summed E-state index contributed by atoms with van der Waals surface area (Å²) in [5.74, 6) is 0.179. The lowest BCUT2D eigenvalue weighted by atomic mass is 9.80. The Labute approximate surface area is 594 Å². The molecule has 566 valence electrons. The van der Waals surface area contributed by atoms with Crippen LogP contribution >= 0.6 is 0 Å². The van der Waals surface area contributed by atoms with Gasteiger partial charge in [0, 0.05) is 27.2 Å². The number of benzene rings is 1. The van der Waals surface area contributed by atoms with Crippen LogP contribution in [-0.2, 0) is 35.3 Å². The molecule has 1 aromatic carbocycles. The summed E-state index contributed by atoms with van der Waals surface area (Å²) >= 11 is 0. The largest absolute Gasteiger partial charge is 0.334 e. The van der Waals surface area contributed by atoms with E-state index in [4.69, 9.17) is 0 Å². The van der Waals surface area contributed by atoms with Gasteiger partial charge in [0.05, 0.1) is 0 Å². The molecule has 4 aliphatic carbocycles. The van der Waals surface area contributed by atoms with Crippen LogP contribution in [0.15, 0.2) is 30.3 Å². The Morgan fingerprint density at radius 3 is 1.17 bits per heavy atom. The van der Waals surface area contributed by atoms with Crippen LogP contribution < -0.4 is 10.6 Å². The van der Waals surface area contributed by atoms with Gasteiger partial charge in [0.2, 0.25) is 35.4 Å². The average molecular weight is 1400 g/mol. The van der Waals surface area contributed by atoms with Crippen LogP contribution in [0.2, 0.25) is 0 Å². The van der Waals surface area contributed by atoms with Crippen LogP contribution in [0.3, 0.4) is 0 Å². The van der Waals surface area contributed by atoms with E-state index in [9.17, 15) is 60.0 Å². The van der Waals surface area contributed by atoms with E-state index in [-0.39, 0.29) is 35.4 Å². The third-order valence-electron chi connectivity index (χ3n) is 26.4. The molecule has 8 unspecified atom stereocenters. The highest BCUT2D eigenvalue weighted by Gasteiger charge is 2.66. The van der Waals surface area contributed by atoms with Gasteiger partial charge < -0.3 is 61.5 Å². The minimum Gasteiger partial charge on any atom is -0.334 e. The lowest BCUT2D eigenvalue weighted by molar-refractivity contribution is -0.242. The highest BCUT2D eigenvalue weighted by molar-refractivity contribution is 5.92. The zero-order valence-electron chi connectivity index (χ0n) is 64.6. The molecule has 6 amide bonds. The first-order valence-electron chi connectivity index (χ1n) is 38.2. The van der Waals surface area contributed by atoms with Crippen molar-refractivity contribution >= 4 is 35.4 Å². The van der Waals surface area contributed by atoms with Gasteiger partial charge >= 0.3 is 0 Å². The standard InChI is InChI=1S/C16H24N2O2.C14H24N2O2.C13H22N2O2.C13H26N2O2.C10H20N2O2.C9H18N2O2/c1-5-15(3)14(19)17(16(4,6-2)18(15)20)12-13-10-8-7-9-11-13;1-15-12(17)13(8-4-2-5-9-13)16(18)14(15)10-6-3-7-11-14;16-11-12(7-3-1-4-8-12)15(17)13(14-11)9-5-2-6-10-13;1-6-9-10-14-11(16)12(4,7-2)15(17)13(14,5)8-3;1-6-9(3)8(13)11(5)10(4,7-2)12(9)14;1-5-8(3)7(12)10-9(4,6-2)11(8)13/h7-11,20H,5-6,12H2,1-4H3;18H,2-11H2,1H3;17H,1-10H2,(H,14,16);17H,6-10H2,1-5H3;14H,6-7H2,1-5H3;13H,5-6H2,1-4H3,(H,10,12). The minimum absolute atomic E-state index is 0.00398. The number of nitrogens with one attached hydrogen (secondary N) is 2. The zero-order valence-corrected chi connectivity index (χ0v) is 64.6. The van der Waals surface area contributed by atoms with E-state index >= 15 is 0 Å². The smallest absolute Gasteiger partial charge is 0.247 e. The molecule has 6 aliphatic heterocycles. The van der Waals surface area contributed by atoms with Gasteiger partial charge in [-0.25, -0.2) is 0 Å². The monoisotopic (exact) mass is 1400 g/mol. The Hall–Kier alpha value is -4.44. The van der Waals surface area contributed by atoms with Crippen molar-refractivity contribution in [2.24, 2.45) is 0 Å². The highest BCUT2D eigenvalue weighted by Crippen LogP contribution is 2.51. The normalized spacial score (nSPS) is 34.4. The van der Waals surface area contributed by atoms with E-state index in [0.717, 1.165) is 139 Å². The quantitative estimate of drug-likeness (QED) is 0.0911. The molecule has 10 fully saturated rings. The Bertz CT molecular complexity index is 2910. The van der Waals surface area contributed by atoms with Crippen molar-refractivity contribution in [1.29, 1.82) is 0 Å². The summed E-state index contributed by atoms with van der Waals surface area (Å²) in [6, 6.07) is 9.91. The van der Waals surface area contributed by atoms with Gasteiger partial charge in [0.15, 0.2) is 0 Å². The van der Waals surface area contributed by atoms with Crippen molar-refractivity contribution in [3.63, 3.8) is 0 Å². The van der Waals surface area contributed by atoms with Crippen LogP contribution in [0.25, 0.3) is 0 Å². The van der Waals surface area contributed by atoms with Crippen LogP contribution in [0, 0.1) is 0 Å². The highest BCUT2D eigenvalue weighted by atomic mass is 16.5. The third-order valence-corrected chi connectivity index (χ3v) is 26.4. The van der Waals surface area contributed by atoms with Crippen molar-refractivity contribution in [2.75, 3.05) is 20.6 Å². The molecular formula is C75H134N12O12. The second-order valence-electron chi connectivity index (χ2n) is 31.9. The Morgan fingerprint density at radius 1 is 0.374 bits per heavy atom. The molecule has 24 heteroatoms. The summed E-state index contributed by atoms with van der Waals surface area (Å²) in [5, 5.41) is 76.0. The Kier molecular flexibility index (Phi) is 27.2.